The highest BCUT2D eigenvalue weighted by Crippen LogP contribution is 2.20. The van der Waals surface area contributed by atoms with E-state index in [0.29, 0.717) is 6.04 Å². The Morgan fingerprint density at radius 1 is 1.23 bits per heavy atom. The molecule has 2 aromatic rings. The van der Waals surface area contributed by atoms with Gasteiger partial charge in [0.1, 0.15) is 0 Å². The van der Waals surface area contributed by atoms with Crippen molar-refractivity contribution in [3.8, 4) is 0 Å². The third kappa shape index (κ3) is 5.22. The quantitative estimate of drug-likeness (QED) is 0.621. The van der Waals surface area contributed by atoms with E-state index in [1.165, 1.54) is 11.3 Å². The number of benzene rings is 1. The second-order valence-corrected chi connectivity index (χ2v) is 6.74. The van der Waals surface area contributed by atoms with E-state index in [-0.39, 0.29) is 0 Å². The first-order valence-electron chi connectivity index (χ1n) is 9.51. The summed E-state index contributed by atoms with van der Waals surface area (Å²) in [5.74, 6) is 0.902. The highest BCUT2D eigenvalue weighted by Gasteiger charge is 2.23. The van der Waals surface area contributed by atoms with E-state index in [1.807, 2.05) is 24.4 Å². The van der Waals surface area contributed by atoms with Crippen molar-refractivity contribution in [2.75, 3.05) is 31.1 Å². The van der Waals surface area contributed by atoms with Gasteiger partial charge in [0.05, 0.1) is 0 Å². The van der Waals surface area contributed by atoms with Crippen LogP contribution in [0.4, 0.5) is 5.69 Å². The molecule has 0 saturated carbocycles. The molecule has 0 radical (unpaired) electrons. The second-order valence-electron chi connectivity index (χ2n) is 6.74. The van der Waals surface area contributed by atoms with Crippen LogP contribution >= 0.6 is 0 Å². The van der Waals surface area contributed by atoms with Gasteiger partial charge in [-0.05, 0) is 44.5 Å². The number of aryl methyl sites for hydroxylation is 1. The van der Waals surface area contributed by atoms with Crippen molar-refractivity contribution >= 4 is 11.6 Å². The van der Waals surface area contributed by atoms with Crippen molar-refractivity contribution in [3.05, 3.63) is 59.9 Å². The average Bonchev–Trinajstić information content (AvgIpc) is 3.12. The highest BCUT2D eigenvalue weighted by molar-refractivity contribution is 5.80. The fraction of sp³-hybridized carbons (Fsp3) is 0.429. The number of guanidine groups is 1. The SMILES string of the molecule is CCNC(=NCCc1ccccn1)NC1CCN(c2ccc(C)cc2)C1. The topological polar surface area (TPSA) is 52.6 Å². The standard InChI is InChI=1S/C21H29N5/c1-3-22-21(24-14-11-18-6-4-5-13-23-18)25-19-12-15-26(16-19)20-9-7-17(2)8-10-20/h4-10,13,19H,3,11-12,14-16H2,1-2H3,(H2,22,24,25). The minimum Gasteiger partial charge on any atom is -0.369 e. The smallest absolute Gasteiger partial charge is 0.191 e. The molecule has 138 valence electrons. The molecule has 2 heterocycles. The lowest BCUT2D eigenvalue weighted by atomic mass is 10.2. The number of hydrogen-bond donors (Lipinski definition) is 2. The van der Waals surface area contributed by atoms with Gasteiger partial charge in [0, 0.05) is 56.2 Å². The van der Waals surface area contributed by atoms with Crippen LogP contribution in [0, 0.1) is 6.92 Å². The number of aliphatic imine (C=N–C) groups is 1. The molecule has 0 amide bonds. The van der Waals surface area contributed by atoms with Crippen LogP contribution in [0.1, 0.15) is 24.6 Å². The molecule has 0 bridgehead atoms. The first-order chi connectivity index (χ1) is 12.7. The second kappa shape index (κ2) is 9.22. The van der Waals surface area contributed by atoms with Gasteiger partial charge in [-0.25, -0.2) is 0 Å². The van der Waals surface area contributed by atoms with Gasteiger partial charge in [-0.3, -0.25) is 9.98 Å². The summed E-state index contributed by atoms with van der Waals surface area (Å²) in [5, 5.41) is 6.95. The van der Waals surface area contributed by atoms with E-state index >= 15 is 0 Å². The Morgan fingerprint density at radius 2 is 2.08 bits per heavy atom. The molecule has 1 aromatic carbocycles. The average molecular weight is 351 g/mol. The Kier molecular flexibility index (Phi) is 6.47. The molecule has 0 aliphatic carbocycles. The molecule has 1 fully saturated rings. The van der Waals surface area contributed by atoms with Gasteiger partial charge in [0.15, 0.2) is 5.96 Å². The molecule has 3 rings (SSSR count). The van der Waals surface area contributed by atoms with Crippen LogP contribution < -0.4 is 15.5 Å². The summed E-state index contributed by atoms with van der Waals surface area (Å²) in [7, 11) is 0. The van der Waals surface area contributed by atoms with Gasteiger partial charge in [-0.2, -0.15) is 0 Å². The van der Waals surface area contributed by atoms with Gasteiger partial charge < -0.3 is 15.5 Å². The summed E-state index contributed by atoms with van der Waals surface area (Å²) in [6, 6.07) is 15.2. The number of anilines is 1. The maximum Gasteiger partial charge on any atom is 0.191 e. The molecule has 1 aromatic heterocycles. The molecule has 1 saturated heterocycles. The maximum atomic E-state index is 4.72. The fourth-order valence-corrected chi connectivity index (χ4v) is 3.21. The molecule has 5 nitrogen and oxygen atoms in total. The molecular weight excluding hydrogens is 322 g/mol. The monoisotopic (exact) mass is 351 g/mol. The molecule has 1 atom stereocenters. The van der Waals surface area contributed by atoms with Crippen molar-refractivity contribution in [1.29, 1.82) is 0 Å². The number of hydrogen-bond acceptors (Lipinski definition) is 3. The first-order valence-corrected chi connectivity index (χ1v) is 9.51. The molecule has 5 heteroatoms. The lowest BCUT2D eigenvalue weighted by molar-refractivity contribution is 0.649. The Morgan fingerprint density at radius 3 is 2.81 bits per heavy atom. The number of pyridine rings is 1. The largest absolute Gasteiger partial charge is 0.369 e. The third-order valence-corrected chi connectivity index (χ3v) is 4.64. The zero-order chi connectivity index (χ0) is 18.2. The Hall–Kier alpha value is -2.56. The third-order valence-electron chi connectivity index (χ3n) is 4.64. The predicted molar refractivity (Wildman–Crippen MR) is 109 cm³/mol. The van der Waals surface area contributed by atoms with Crippen molar-refractivity contribution in [2.45, 2.75) is 32.7 Å². The normalized spacial score (nSPS) is 17.4. The minimum absolute atomic E-state index is 0.420. The molecule has 2 N–H and O–H groups in total. The summed E-state index contributed by atoms with van der Waals surface area (Å²) in [6.45, 7) is 7.91. The summed E-state index contributed by atoms with van der Waals surface area (Å²) in [5.41, 5.74) is 3.69. The van der Waals surface area contributed by atoms with E-state index in [0.717, 1.165) is 50.7 Å². The van der Waals surface area contributed by atoms with Crippen molar-refractivity contribution in [1.82, 2.24) is 15.6 Å². The Balaban J connectivity index is 1.53. The number of nitrogens with zero attached hydrogens (tertiary/aromatic N) is 3. The van der Waals surface area contributed by atoms with Crippen molar-refractivity contribution in [2.24, 2.45) is 4.99 Å². The molecule has 0 spiro atoms. The summed E-state index contributed by atoms with van der Waals surface area (Å²) in [4.78, 5) is 11.5. The number of rotatable bonds is 6. The van der Waals surface area contributed by atoms with Crippen LogP contribution in [0.2, 0.25) is 0 Å². The first kappa shape index (κ1) is 18.2. The van der Waals surface area contributed by atoms with Crippen LogP contribution in [-0.2, 0) is 6.42 Å². The van der Waals surface area contributed by atoms with E-state index in [1.54, 1.807) is 0 Å². The highest BCUT2D eigenvalue weighted by atomic mass is 15.2. The summed E-state index contributed by atoms with van der Waals surface area (Å²) >= 11 is 0. The summed E-state index contributed by atoms with van der Waals surface area (Å²) in [6.07, 6.45) is 3.82. The van der Waals surface area contributed by atoms with Crippen LogP contribution in [0.5, 0.6) is 0 Å². The fourth-order valence-electron chi connectivity index (χ4n) is 3.21. The minimum atomic E-state index is 0.420. The summed E-state index contributed by atoms with van der Waals surface area (Å²) < 4.78 is 0. The van der Waals surface area contributed by atoms with Gasteiger partial charge >= 0.3 is 0 Å². The molecule has 1 aliphatic heterocycles. The molecule has 26 heavy (non-hydrogen) atoms. The Labute approximate surface area is 156 Å². The van der Waals surface area contributed by atoms with E-state index < -0.39 is 0 Å². The van der Waals surface area contributed by atoms with Crippen LogP contribution in [0.15, 0.2) is 53.7 Å². The lowest BCUT2D eigenvalue weighted by Gasteiger charge is -2.20. The zero-order valence-electron chi connectivity index (χ0n) is 15.8. The predicted octanol–water partition coefficient (Wildman–Crippen LogP) is 2.77. The molecular formula is C21H29N5. The molecule has 1 unspecified atom stereocenters. The molecule has 1 aliphatic rings. The van der Waals surface area contributed by atoms with Crippen LogP contribution in [-0.4, -0.2) is 43.2 Å². The Bertz CT molecular complexity index is 696. The van der Waals surface area contributed by atoms with E-state index in [4.69, 9.17) is 4.99 Å². The van der Waals surface area contributed by atoms with Gasteiger partial charge in [-0.1, -0.05) is 23.8 Å². The van der Waals surface area contributed by atoms with Crippen molar-refractivity contribution in [3.63, 3.8) is 0 Å². The lowest BCUT2D eigenvalue weighted by Crippen LogP contribution is -2.44. The van der Waals surface area contributed by atoms with E-state index in [2.05, 4.69) is 58.6 Å². The van der Waals surface area contributed by atoms with Crippen LogP contribution in [0.3, 0.4) is 0 Å². The van der Waals surface area contributed by atoms with Crippen LogP contribution in [0.25, 0.3) is 0 Å². The zero-order valence-corrected chi connectivity index (χ0v) is 15.8. The number of nitrogens with one attached hydrogen (secondary N) is 2. The maximum absolute atomic E-state index is 4.72. The van der Waals surface area contributed by atoms with Gasteiger partial charge in [0.25, 0.3) is 0 Å². The van der Waals surface area contributed by atoms with Gasteiger partial charge in [-0.15, -0.1) is 0 Å². The number of aromatic nitrogens is 1. The van der Waals surface area contributed by atoms with Gasteiger partial charge in [0.2, 0.25) is 0 Å². The van der Waals surface area contributed by atoms with Crippen molar-refractivity contribution < 1.29 is 0 Å². The van der Waals surface area contributed by atoms with E-state index in [9.17, 15) is 0 Å².